The number of halogens is 1. The number of nitrogens with two attached hydrogens (primary N) is 1. The van der Waals surface area contributed by atoms with E-state index >= 15 is 0 Å². The average Bonchev–Trinajstić information content (AvgIpc) is 2.50. The first kappa shape index (κ1) is 15.0. The van der Waals surface area contributed by atoms with Crippen molar-refractivity contribution in [2.75, 3.05) is 25.2 Å². The second-order valence-electron chi connectivity index (χ2n) is 4.35. The standard InChI is InChI=1S/C15H16ClN3O2/c1-18-15(20)9-3-6-12(17)14(7-9)19-13-8-10(21-2)4-5-11(13)16/h3-8,19H,17H2,1-2H3,(H,18,20). The zero-order valence-corrected chi connectivity index (χ0v) is 12.5. The van der Waals surface area contributed by atoms with Crippen molar-refractivity contribution in [3.63, 3.8) is 0 Å². The van der Waals surface area contributed by atoms with Crippen molar-refractivity contribution in [2.45, 2.75) is 0 Å². The van der Waals surface area contributed by atoms with Crippen LogP contribution in [0.1, 0.15) is 10.4 Å². The number of ether oxygens (including phenoxy) is 1. The fourth-order valence-electron chi connectivity index (χ4n) is 1.82. The van der Waals surface area contributed by atoms with E-state index in [1.165, 1.54) is 0 Å². The Morgan fingerprint density at radius 2 is 1.95 bits per heavy atom. The minimum absolute atomic E-state index is 0.185. The van der Waals surface area contributed by atoms with Crippen molar-refractivity contribution < 1.29 is 9.53 Å². The van der Waals surface area contributed by atoms with Gasteiger partial charge in [0.15, 0.2) is 0 Å². The minimum atomic E-state index is -0.185. The van der Waals surface area contributed by atoms with Gasteiger partial charge in [0.1, 0.15) is 5.75 Å². The summed E-state index contributed by atoms with van der Waals surface area (Å²) in [5.41, 5.74) is 8.21. The van der Waals surface area contributed by atoms with Crippen LogP contribution in [0.15, 0.2) is 36.4 Å². The molecule has 0 unspecified atom stereocenters. The predicted octanol–water partition coefficient (Wildman–Crippen LogP) is 3.03. The van der Waals surface area contributed by atoms with Gasteiger partial charge in [-0.15, -0.1) is 0 Å². The molecule has 0 aromatic heterocycles. The van der Waals surface area contributed by atoms with Crippen molar-refractivity contribution >= 4 is 34.6 Å². The molecule has 2 rings (SSSR count). The molecule has 0 heterocycles. The number of hydrogen-bond acceptors (Lipinski definition) is 4. The second kappa shape index (κ2) is 6.37. The summed E-state index contributed by atoms with van der Waals surface area (Å²) in [6.45, 7) is 0. The molecule has 0 atom stereocenters. The molecule has 2 aromatic rings. The lowest BCUT2D eigenvalue weighted by molar-refractivity contribution is 0.0963. The number of hydrogen-bond donors (Lipinski definition) is 3. The lowest BCUT2D eigenvalue weighted by Gasteiger charge is -2.13. The van der Waals surface area contributed by atoms with Gasteiger partial charge in [-0.1, -0.05) is 11.6 Å². The number of carbonyl (C=O) groups is 1. The molecule has 2 aromatic carbocycles. The third kappa shape index (κ3) is 3.38. The predicted molar refractivity (Wildman–Crippen MR) is 85.5 cm³/mol. The Labute approximate surface area is 128 Å². The summed E-state index contributed by atoms with van der Waals surface area (Å²) in [6, 6.07) is 10.2. The zero-order valence-electron chi connectivity index (χ0n) is 11.7. The highest BCUT2D eigenvalue weighted by molar-refractivity contribution is 6.33. The van der Waals surface area contributed by atoms with Gasteiger partial charge in [-0.3, -0.25) is 4.79 Å². The number of nitrogen functional groups attached to an aromatic ring is 1. The van der Waals surface area contributed by atoms with Gasteiger partial charge in [-0.05, 0) is 30.3 Å². The van der Waals surface area contributed by atoms with Crippen LogP contribution in [0, 0.1) is 0 Å². The van der Waals surface area contributed by atoms with Crippen LogP contribution in [-0.2, 0) is 0 Å². The van der Waals surface area contributed by atoms with E-state index < -0.39 is 0 Å². The van der Waals surface area contributed by atoms with Crippen LogP contribution in [0.2, 0.25) is 5.02 Å². The smallest absolute Gasteiger partial charge is 0.251 e. The van der Waals surface area contributed by atoms with Gasteiger partial charge in [-0.2, -0.15) is 0 Å². The normalized spacial score (nSPS) is 10.0. The molecule has 0 saturated heterocycles. The third-order valence-electron chi connectivity index (χ3n) is 2.99. The van der Waals surface area contributed by atoms with Gasteiger partial charge >= 0.3 is 0 Å². The number of benzene rings is 2. The maximum absolute atomic E-state index is 11.7. The van der Waals surface area contributed by atoms with E-state index in [2.05, 4.69) is 10.6 Å². The summed E-state index contributed by atoms with van der Waals surface area (Å²) >= 11 is 6.15. The van der Waals surface area contributed by atoms with E-state index in [-0.39, 0.29) is 5.91 Å². The van der Waals surface area contributed by atoms with Gasteiger partial charge in [0.25, 0.3) is 5.91 Å². The molecular formula is C15H16ClN3O2. The Morgan fingerprint density at radius 1 is 1.19 bits per heavy atom. The molecule has 0 aliphatic heterocycles. The summed E-state index contributed by atoms with van der Waals surface area (Å²) in [5, 5.41) is 6.21. The number of methoxy groups -OCH3 is 1. The third-order valence-corrected chi connectivity index (χ3v) is 3.31. The highest BCUT2D eigenvalue weighted by Crippen LogP contribution is 2.32. The van der Waals surface area contributed by atoms with Crippen LogP contribution in [0.3, 0.4) is 0 Å². The molecule has 0 spiro atoms. The van der Waals surface area contributed by atoms with Gasteiger partial charge in [0.05, 0.1) is 29.2 Å². The fraction of sp³-hybridized carbons (Fsp3) is 0.133. The van der Waals surface area contributed by atoms with E-state index in [1.54, 1.807) is 50.6 Å². The van der Waals surface area contributed by atoms with E-state index in [0.717, 1.165) is 0 Å². The molecule has 1 amide bonds. The molecule has 4 N–H and O–H groups in total. The molecule has 0 fully saturated rings. The molecular weight excluding hydrogens is 290 g/mol. The lowest BCUT2D eigenvalue weighted by atomic mass is 10.1. The van der Waals surface area contributed by atoms with E-state index in [0.29, 0.717) is 33.4 Å². The monoisotopic (exact) mass is 305 g/mol. The van der Waals surface area contributed by atoms with Gasteiger partial charge < -0.3 is 21.1 Å². The Hall–Kier alpha value is -2.40. The molecule has 21 heavy (non-hydrogen) atoms. The van der Waals surface area contributed by atoms with Crippen molar-refractivity contribution in [3.8, 4) is 5.75 Å². The maximum atomic E-state index is 11.7. The van der Waals surface area contributed by atoms with E-state index in [1.807, 2.05) is 0 Å². The van der Waals surface area contributed by atoms with Crippen molar-refractivity contribution in [1.82, 2.24) is 5.32 Å². The topological polar surface area (TPSA) is 76.4 Å². The van der Waals surface area contributed by atoms with E-state index in [9.17, 15) is 4.79 Å². The minimum Gasteiger partial charge on any atom is -0.497 e. The molecule has 0 saturated carbocycles. The zero-order chi connectivity index (χ0) is 15.4. The van der Waals surface area contributed by atoms with Crippen LogP contribution < -0.4 is 21.1 Å². The molecule has 6 heteroatoms. The van der Waals surface area contributed by atoms with Crippen molar-refractivity contribution in [1.29, 1.82) is 0 Å². The largest absolute Gasteiger partial charge is 0.497 e. The first-order valence-corrected chi connectivity index (χ1v) is 6.65. The fourth-order valence-corrected chi connectivity index (χ4v) is 1.99. The molecule has 5 nitrogen and oxygen atoms in total. The van der Waals surface area contributed by atoms with Gasteiger partial charge in [0, 0.05) is 18.7 Å². The number of carbonyl (C=O) groups excluding carboxylic acids is 1. The molecule has 0 aliphatic carbocycles. The first-order chi connectivity index (χ1) is 10.0. The Bertz CT molecular complexity index is 674. The average molecular weight is 306 g/mol. The summed E-state index contributed by atoms with van der Waals surface area (Å²) in [7, 11) is 3.15. The van der Waals surface area contributed by atoms with Gasteiger partial charge in [-0.25, -0.2) is 0 Å². The maximum Gasteiger partial charge on any atom is 0.251 e. The van der Waals surface area contributed by atoms with Gasteiger partial charge in [0.2, 0.25) is 0 Å². The van der Waals surface area contributed by atoms with Crippen LogP contribution in [0.5, 0.6) is 5.75 Å². The van der Waals surface area contributed by atoms with Crippen LogP contribution in [-0.4, -0.2) is 20.1 Å². The Morgan fingerprint density at radius 3 is 2.62 bits per heavy atom. The van der Waals surface area contributed by atoms with Crippen molar-refractivity contribution in [3.05, 3.63) is 47.0 Å². The number of anilines is 3. The summed E-state index contributed by atoms with van der Waals surface area (Å²) in [6.07, 6.45) is 0. The Kier molecular flexibility index (Phi) is 4.55. The number of amides is 1. The number of rotatable bonds is 4. The quantitative estimate of drug-likeness (QED) is 0.759. The number of nitrogens with one attached hydrogen (secondary N) is 2. The van der Waals surface area contributed by atoms with E-state index in [4.69, 9.17) is 22.1 Å². The summed E-state index contributed by atoms with van der Waals surface area (Å²) < 4.78 is 5.16. The lowest BCUT2D eigenvalue weighted by Crippen LogP contribution is -2.18. The summed E-state index contributed by atoms with van der Waals surface area (Å²) in [5.74, 6) is 0.484. The molecule has 0 radical (unpaired) electrons. The van der Waals surface area contributed by atoms with Crippen LogP contribution in [0.4, 0.5) is 17.1 Å². The first-order valence-electron chi connectivity index (χ1n) is 6.27. The van der Waals surface area contributed by atoms with Crippen LogP contribution in [0.25, 0.3) is 0 Å². The highest BCUT2D eigenvalue weighted by atomic mass is 35.5. The molecule has 110 valence electrons. The second-order valence-corrected chi connectivity index (χ2v) is 4.76. The SMILES string of the molecule is CNC(=O)c1ccc(N)c(Nc2cc(OC)ccc2Cl)c1. The highest BCUT2D eigenvalue weighted by Gasteiger charge is 2.09. The molecule has 0 bridgehead atoms. The summed E-state index contributed by atoms with van der Waals surface area (Å²) in [4.78, 5) is 11.7. The molecule has 0 aliphatic rings. The van der Waals surface area contributed by atoms with Crippen LogP contribution >= 0.6 is 11.6 Å². The van der Waals surface area contributed by atoms with Crippen molar-refractivity contribution in [2.24, 2.45) is 0 Å². The Balaban J connectivity index is 2.37.